The molecule has 130 valence electrons. The Kier molecular flexibility index (Phi) is 11.8. The van der Waals surface area contributed by atoms with Crippen LogP contribution in [0.15, 0.2) is 78.9 Å². The molecule has 0 saturated carbocycles. The minimum Gasteiger partial charge on any atom is -1.00 e. The number of hydrogen-bond donors (Lipinski definition) is 0. The van der Waals surface area contributed by atoms with Crippen molar-refractivity contribution in [3.8, 4) is 0 Å². The Morgan fingerprint density at radius 3 is 1.56 bits per heavy atom. The van der Waals surface area contributed by atoms with Crippen LogP contribution in [-0.4, -0.2) is 3.26 Å². The van der Waals surface area contributed by atoms with Crippen molar-refractivity contribution >= 4 is 24.8 Å². The monoisotopic (exact) mass is 536 g/mol. The van der Waals surface area contributed by atoms with Crippen LogP contribution in [0.4, 0.5) is 0 Å². The van der Waals surface area contributed by atoms with Gasteiger partial charge in [-0.2, -0.15) is 18.2 Å². The normalized spacial score (nSPS) is 9.00. The van der Waals surface area contributed by atoms with E-state index in [-0.39, 0.29) is 24.8 Å². The standard InChI is InChI=1S/C13H9.C6H7.C3H6.2ClH.Hf/c1-3-7-12-10(5-1)9-11-6-2-4-8-13(11)12;1-6-4-2-3-5-6;1-3-2;;;/h1-9H;2-5H,1H3;1-2H3;2*1H;/q2*-1;;;;+2/p-2. The summed E-state index contributed by atoms with van der Waals surface area (Å²) < 4.78 is 1.56. The maximum Gasteiger partial charge on any atom is -0.0771 e. The average Bonchev–Trinajstić information content (AvgIpc) is 3.13. The zero-order chi connectivity index (χ0) is 16.7. The number of fused-ring (bicyclic) bond motifs is 3. The van der Waals surface area contributed by atoms with Crippen molar-refractivity contribution in [1.82, 2.24) is 0 Å². The maximum absolute atomic E-state index is 2.24. The molecule has 3 heteroatoms. The summed E-state index contributed by atoms with van der Waals surface area (Å²) in [5.41, 5.74) is 1.34. The van der Waals surface area contributed by atoms with Crippen LogP contribution in [0.25, 0.3) is 21.5 Å². The fourth-order valence-electron chi connectivity index (χ4n) is 2.37. The summed E-state index contributed by atoms with van der Waals surface area (Å²) in [6.45, 7) is 6.37. The first-order valence-corrected chi connectivity index (χ1v) is 9.61. The molecule has 0 aliphatic carbocycles. The van der Waals surface area contributed by atoms with Crippen LogP contribution in [0.3, 0.4) is 0 Å². The van der Waals surface area contributed by atoms with E-state index < -0.39 is 0 Å². The molecular formula is C22H22Cl2Hf-2. The molecule has 0 radical (unpaired) electrons. The zero-order valence-corrected chi connectivity index (χ0v) is 19.9. The Morgan fingerprint density at radius 1 is 0.800 bits per heavy atom. The molecule has 0 amide bonds. The molecule has 0 bridgehead atoms. The Bertz CT molecular complexity index is 819. The van der Waals surface area contributed by atoms with Gasteiger partial charge in [-0.25, -0.2) is 11.6 Å². The quantitative estimate of drug-likeness (QED) is 0.223. The van der Waals surface area contributed by atoms with E-state index in [9.17, 15) is 0 Å². The van der Waals surface area contributed by atoms with E-state index in [0.29, 0.717) is 0 Å². The van der Waals surface area contributed by atoms with E-state index in [4.69, 9.17) is 0 Å². The van der Waals surface area contributed by atoms with Gasteiger partial charge in [-0.1, -0.05) is 43.3 Å². The Morgan fingerprint density at radius 2 is 1.24 bits per heavy atom. The van der Waals surface area contributed by atoms with Gasteiger partial charge in [0.2, 0.25) is 0 Å². The van der Waals surface area contributed by atoms with Gasteiger partial charge in [0, 0.05) is 0 Å². The topological polar surface area (TPSA) is 0 Å². The van der Waals surface area contributed by atoms with E-state index in [0.717, 1.165) is 0 Å². The van der Waals surface area contributed by atoms with Gasteiger partial charge in [0.1, 0.15) is 0 Å². The first-order valence-electron chi connectivity index (χ1n) is 7.81. The molecule has 4 rings (SSSR count). The summed E-state index contributed by atoms with van der Waals surface area (Å²) >= 11 is 1.27. The Hall–Kier alpha value is -1.02. The maximum atomic E-state index is 2.24. The number of hydrogen-bond acceptors (Lipinski definition) is 0. The zero-order valence-electron chi connectivity index (χ0n) is 14.8. The van der Waals surface area contributed by atoms with E-state index in [2.05, 4.69) is 87.5 Å². The summed E-state index contributed by atoms with van der Waals surface area (Å²) in [5.74, 6) is 0. The van der Waals surface area contributed by atoms with Crippen molar-refractivity contribution in [3.63, 3.8) is 0 Å². The van der Waals surface area contributed by atoms with Crippen LogP contribution >= 0.6 is 0 Å². The number of aryl methyl sites for hydroxylation is 1. The molecule has 25 heavy (non-hydrogen) atoms. The molecule has 0 atom stereocenters. The molecule has 0 unspecified atom stereocenters. The van der Waals surface area contributed by atoms with Crippen molar-refractivity contribution in [2.45, 2.75) is 20.8 Å². The molecule has 0 nitrogen and oxygen atoms in total. The third-order valence-corrected chi connectivity index (χ3v) is 3.35. The van der Waals surface area contributed by atoms with Crippen LogP contribution < -0.4 is 24.8 Å². The van der Waals surface area contributed by atoms with Gasteiger partial charge >= 0.3 is 41.0 Å². The minimum atomic E-state index is 0. The van der Waals surface area contributed by atoms with Crippen molar-refractivity contribution in [2.24, 2.45) is 0 Å². The molecule has 0 saturated heterocycles. The molecule has 0 aliphatic heterocycles. The summed E-state index contributed by atoms with van der Waals surface area (Å²) in [6.07, 6.45) is 0. The van der Waals surface area contributed by atoms with Crippen molar-refractivity contribution < 1.29 is 48.7 Å². The molecule has 0 aliphatic rings. The number of benzene rings is 2. The van der Waals surface area contributed by atoms with Crippen LogP contribution in [0.5, 0.6) is 0 Å². The average molecular weight is 536 g/mol. The molecule has 0 N–H and O–H groups in total. The Labute approximate surface area is 177 Å². The van der Waals surface area contributed by atoms with Gasteiger partial charge < -0.3 is 24.8 Å². The third kappa shape index (κ3) is 7.81. The Balaban J connectivity index is 0.000000410. The van der Waals surface area contributed by atoms with Crippen LogP contribution in [0.2, 0.25) is 0 Å². The van der Waals surface area contributed by atoms with E-state index in [1.807, 2.05) is 12.1 Å². The first kappa shape index (κ1) is 24.0. The third-order valence-electron chi connectivity index (χ3n) is 3.35. The summed E-state index contributed by atoms with van der Waals surface area (Å²) in [7, 11) is 0. The molecule has 0 heterocycles. The molecule has 4 aromatic rings. The second-order valence-electron chi connectivity index (χ2n) is 5.78. The predicted molar refractivity (Wildman–Crippen MR) is 100 cm³/mol. The van der Waals surface area contributed by atoms with Gasteiger partial charge in [-0.05, 0) is 0 Å². The molecule has 0 fully saturated rings. The second-order valence-corrected chi connectivity index (χ2v) is 9.37. The summed E-state index contributed by atoms with van der Waals surface area (Å²) in [6, 6.07) is 27.5. The summed E-state index contributed by atoms with van der Waals surface area (Å²) in [5, 5.41) is 5.39. The van der Waals surface area contributed by atoms with Crippen molar-refractivity contribution in [2.75, 3.05) is 0 Å². The first-order chi connectivity index (χ1) is 11.1. The van der Waals surface area contributed by atoms with Crippen molar-refractivity contribution in [1.29, 1.82) is 0 Å². The summed E-state index contributed by atoms with van der Waals surface area (Å²) in [4.78, 5) is 0. The van der Waals surface area contributed by atoms with E-state index in [1.165, 1.54) is 51.0 Å². The van der Waals surface area contributed by atoms with Crippen molar-refractivity contribution in [3.05, 3.63) is 84.4 Å². The molecule has 4 aromatic carbocycles. The SMILES string of the molecule is C[C](C)=[Hf+2].Cc1cc[cH-]c1.[Cl-].[Cl-].c1ccc2c(c1)[cH-]c1ccccc12. The van der Waals surface area contributed by atoms with Gasteiger partial charge in [-0.15, -0.1) is 39.7 Å². The fourth-order valence-corrected chi connectivity index (χ4v) is 2.37. The second kappa shape index (κ2) is 12.4. The van der Waals surface area contributed by atoms with Gasteiger partial charge in [0.15, 0.2) is 0 Å². The predicted octanol–water partition coefficient (Wildman–Crippen LogP) is 0.179. The van der Waals surface area contributed by atoms with Gasteiger partial charge in [-0.3, -0.25) is 0 Å². The molecule has 0 aromatic heterocycles. The van der Waals surface area contributed by atoms with Crippen LogP contribution in [-0.2, 0) is 23.9 Å². The number of rotatable bonds is 0. The van der Waals surface area contributed by atoms with Gasteiger partial charge in [0.05, 0.1) is 0 Å². The van der Waals surface area contributed by atoms with E-state index in [1.54, 1.807) is 3.26 Å². The largest absolute Gasteiger partial charge is 1.00 e. The van der Waals surface area contributed by atoms with Crippen LogP contribution in [0, 0.1) is 6.92 Å². The van der Waals surface area contributed by atoms with Crippen LogP contribution in [0.1, 0.15) is 19.4 Å². The van der Waals surface area contributed by atoms with Gasteiger partial charge in [0.25, 0.3) is 0 Å². The fraction of sp³-hybridized carbons (Fsp3) is 0.136. The minimum absolute atomic E-state index is 0. The molecular weight excluding hydrogens is 514 g/mol. The van der Waals surface area contributed by atoms with E-state index >= 15 is 0 Å². The molecule has 0 spiro atoms. The smallest absolute Gasteiger partial charge is 0.0771 e. The number of halogens is 2.